The molecule has 0 aromatic carbocycles. The van der Waals surface area contributed by atoms with Crippen LogP contribution in [0.25, 0.3) is 28.7 Å². The topological polar surface area (TPSA) is 119 Å². The summed E-state index contributed by atoms with van der Waals surface area (Å²) in [6.45, 7) is 15.1. The van der Waals surface area contributed by atoms with E-state index in [1.165, 1.54) is 0 Å². The Morgan fingerprint density at radius 1 is 0.438 bits per heavy atom. The maximum Gasteiger partial charge on any atom is 0 e. The van der Waals surface area contributed by atoms with Crippen molar-refractivity contribution in [1.29, 1.82) is 0 Å². The first-order chi connectivity index (χ1) is 7.07. The minimum atomic E-state index is 0. The van der Waals surface area contributed by atoms with Crippen LogP contribution in [0.4, 0.5) is 0 Å². The summed E-state index contributed by atoms with van der Waals surface area (Å²) in [5, 5.41) is 0. The normalized spacial score (nSPS) is 3.75. The standard InChI is InChI=1S/5C2H4N.Re/c5*1-2-3;/h5*2-3H,1H2;/q5*-1;. The molecule has 16 heavy (non-hydrogen) atoms. The van der Waals surface area contributed by atoms with Crippen LogP contribution in [0.5, 0.6) is 0 Å². The van der Waals surface area contributed by atoms with E-state index in [4.69, 9.17) is 28.7 Å². The molecule has 0 saturated carbocycles. The van der Waals surface area contributed by atoms with Crippen molar-refractivity contribution in [2.75, 3.05) is 0 Å². The summed E-state index contributed by atoms with van der Waals surface area (Å²) in [7, 11) is 0. The minimum absolute atomic E-state index is 0. The zero-order valence-corrected chi connectivity index (χ0v) is 12.0. The van der Waals surface area contributed by atoms with Gasteiger partial charge in [0, 0.05) is 20.4 Å². The molecule has 5 nitrogen and oxygen atoms in total. The van der Waals surface area contributed by atoms with Crippen LogP contribution in [-0.2, 0) is 20.4 Å². The van der Waals surface area contributed by atoms with Crippen molar-refractivity contribution >= 4 is 0 Å². The van der Waals surface area contributed by atoms with Crippen LogP contribution in [0.3, 0.4) is 0 Å². The van der Waals surface area contributed by atoms with Crippen molar-refractivity contribution in [3.63, 3.8) is 0 Å². The molecule has 0 aliphatic heterocycles. The molecular weight excluding hydrogens is 376 g/mol. The smallest absolute Gasteiger partial charge is 0 e. The Labute approximate surface area is 113 Å². The Morgan fingerprint density at radius 3 is 0.438 bits per heavy atom. The second kappa shape index (κ2) is 181. The van der Waals surface area contributed by atoms with Gasteiger partial charge in [-0.05, 0) is 0 Å². The van der Waals surface area contributed by atoms with E-state index in [1.54, 1.807) is 0 Å². The molecule has 0 bridgehead atoms. The largest absolute Gasteiger partial charge is 0.705 e. The Kier molecular flexibility index (Phi) is 414. The van der Waals surface area contributed by atoms with Crippen molar-refractivity contribution in [1.82, 2.24) is 0 Å². The van der Waals surface area contributed by atoms with Crippen molar-refractivity contribution in [2.45, 2.75) is 0 Å². The molecule has 0 aliphatic carbocycles. The Balaban J connectivity index is -0.0000000192. The summed E-state index contributed by atoms with van der Waals surface area (Å²) in [5.41, 5.74) is 29.9. The number of nitrogens with one attached hydrogen (secondary N) is 5. The van der Waals surface area contributed by atoms with E-state index in [0.29, 0.717) is 0 Å². The molecule has 0 rings (SSSR count). The van der Waals surface area contributed by atoms with Crippen LogP contribution in [0.1, 0.15) is 0 Å². The number of hydrogen-bond acceptors (Lipinski definition) is 0. The van der Waals surface area contributed by atoms with E-state index < -0.39 is 0 Å². The van der Waals surface area contributed by atoms with E-state index in [0.717, 1.165) is 31.0 Å². The van der Waals surface area contributed by atoms with E-state index in [2.05, 4.69) is 32.9 Å². The molecule has 0 aromatic heterocycles. The third-order valence-corrected chi connectivity index (χ3v) is 0. The van der Waals surface area contributed by atoms with Gasteiger partial charge in [-0.15, -0.1) is 32.9 Å². The van der Waals surface area contributed by atoms with Gasteiger partial charge in [-0.3, -0.25) is 0 Å². The SMILES string of the molecule is C=C[NH-].C=C[NH-].C=C[NH-].C=C[NH-].C=C[NH-].[Re]. The molecule has 97 valence electrons. The van der Waals surface area contributed by atoms with E-state index >= 15 is 0 Å². The molecule has 0 aromatic rings. The maximum absolute atomic E-state index is 5.97. The molecule has 0 amide bonds. The van der Waals surface area contributed by atoms with Gasteiger partial charge >= 0.3 is 0 Å². The maximum atomic E-state index is 5.97. The zero-order valence-electron chi connectivity index (χ0n) is 9.30. The van der Waals surface area contributed by atoms with Gasteiger partial charge in [-0.2, -0.15) is 31.0 Å². The van der Waals surface area contributed by atoms with Crippen molar-refractivity contribution in [3.05, 3.63) is 92.6 Å². The monoisotopic (exact) mass is 397 g/mol. The molecule has 0 spiro atoms. The summed E-state index contributed by atoms with van der Waals surface area (Å²) >= 11 is 0. The molecule has 6 heteroatoms. The van der Waals surface area contributed by atoms with Gasteiger partial charge in [0.05, 0.1) is 0 Å². The van der Waals surface area contributed by atoms with Gasteiger partial charge in [0.2, 0.25) is 0 Å². The summed E-state index contributed by atoms with van der Waals surface area (Å²) in [6.07, 6.45) is 5.00. The van der Waals surface area contributed by atoms with Gasteiger partial charge in [0.25, 0.3) is 0 Å². The Bertz CT molecular complexity index is 91.5. The summed E-state index contributed by atoms with van der Waals surface area (Å²) < 4.78 is 0. The first kappa shape index (κ1) is 36.7. The van der Waals surface area contributed by atoms with Crippen molar-refractivity contribution < 1.29 is 20.4 Å². The van der Waals surface area contributed by atoms with Gasteiger partial charge < -0.3 is 28.7 Å². The molecule has 0 saturated heterocycles. The molecule has 1 radical (unpaired) electrons. The summed E-state index contributed by atoms with van der Waals surface area (Å²) in [6, 6.07) is 0. The Hall–Kier alpha value is -1.64. The van der Waals surface area contributed by atoms with Crippen LogP contribution in [0.15, 0.2) is 63.9 Å². The zero-order chi connectivity index (χ0) is 13.5. The van der Waals surface area contributed by atoms with Crippen LogP contribution in [-0.4, -0.2) is 0 Å². The van der Waals surface area contributed by atoms with E-state index in [-0.39, 0.29) is 20.4 Å². The van der Waals surface area contributed by atoms with E-state index in [9.17, 15) is 0 Å². The third kappa shape index (κ3) is 595. The molecule has 0 atom stereocenters. The van der Waals surface area contributed by atoms with Gasteiger partial charge in [-0.1, -0.05) is 0 Å². The minimum Gasteiger partial charge on any atom is -0.705 e. The Morgan fingerprint density at radius 2 is 0.438 bits per heavy atom. The second-order valence-electron chi connectivity index (χ2n) is 1.02. The van der Waals surface area contributed by atoms with Crippen molar-refractivity contribution in [3.8, 4) is 0 Å². The fraction of sp³-hybridized carbons (Fsp3) is 0. The van der Waals surface area contributed by atoms with E-state index in [1.807, 2.05) is 0 Å². The quantitative estimate of drug-likeness (QED) is 0.484. The average molecular weight is 397 g/mol. The number of rotatable bonds is 0. The molecule has 0 fully saturated rings. The number of hydrogen-bond donors (Lipinski definition) is 0. The predicted octanol–water partition coefficient (Wildman–Crippen LogP) is 5.91. The van der Waals surface area contributed by atoms with Gasteiger partial charge in [-0.25, -0.2) is 0 Å². The van der Waals surface area contributed by atoms with Crippen LogP contribution in [0, 0.1) is 0 Å². The van der Waals surface area contributed by atoms with Crippen LogP contribution < -0.4 is 0 Å². The second-order valence-corrected chi connectivity index (χ2v) is 1.02. The molecule has 0 unspecified atom stereocenters. The fourth-order valence-corrected chi connectivity index (χ4v) is 0. The van der Waals surface area contributed by atoms with Crippen LogP contribution >= 0.6 is 0 Å². The first-order valence-electron chi connectivity index (χ1n) is 3.48. The molecule has 5 N–H and O–H groups in total. The average Bonchev–Trinajstić information content (AvgIpc) is 2.09. The fourth-order valence-electron chi connectivity index (χ4n) is 0. The summed E-state index contributed by atoms with van der Waals surface area (Å²) in [4.78, 5) is 0. The predicted molar refractivity (Wildman–Crippen MR) is 72.6 cm³/mol. The van der Waals surface area contributed by atoms with Crippen molar-refractivity contribution in [2.24, 2.45) is 0 Å². The molecule has 0 heterocycles. The summed E-state index contributed by atoms with van der Waals surface area (Å²) in [5.74, 6) is 0. The first-order valence-corrected chi connectivity index (χ1v) is 3.48. The van der Waals surface area contributed by atoms with Gasteiger partial charge in [0.1, 0.15) is 0 Å². The molecule has 0 aliphatic rings. The van der Waals surface area contributed by atoms with Gasteiger partial charge in [0.15, 0.2) is 0 Å². The van der Waals surface area contributed by atoms with Crippen LogP contribution in [0.2, 0.25) is 0 Å². The third-order valence-electron chi connectivity index (χ3n) is 0. The molecular formula is C10H20N5Re-5.